The van der Waals surface area contributed by atoms with E-state index in [4.69, 9.17) is 21.1 Å². The van der Waals surface area contributed by atoms with Crippen molar-refractivity contribution >= 4 is 34.2 Å². The molecule has 0 saturated heterocycles. The lowest BCUT2D eigenvalue weighted by Gasteiger charge is -2.24. The highest BCUT2D eigenvalue weighted by atomic mass is 35.5. The smallest absolute Gasteiger partial charge is 0.322 e. The Hall–Kier alpha value is -3.19. The number of fused-ring (bicyclic) bond motifs is 1. The van der Waals surface area contributed by atoms with E-state index < -0.39 is 0 Å². The number of aryl methyl sites for hydroxylation is 2. The Morgan fingerprint density at radius 3 is 2.47 bits per heavy atom. The number of urea groups is 1. The second-order valence-corrected chi connectivity index (χ2v) is 8.11. The largest absolute Gasteiger partial charge is 0.495 e. The Morgan fingerprint density at radius 2 is 1.81 bits per heavy atom. The molecule has 0 fully saturated rings. The Labute approximate surface area is 192 Å². The highest BCUT2D eigenvalue weighted by Crippen LogP contribution is 2.36. The minimum absolute atomic E-state index is 0.195. The molecule has 2 aromatic carbocycles. The Bertz CT molecular complexity index is 1210. The maximum absolute atomic E-state index is 13.2. The number of aromatic amines is 1. The molecule has 0 aliphatic rings. The molecule has 8 heteroatoms. The second kappa shape index (κ2) is 9.96. The lowest BCUT2D eigenvalue weighted by Crippen LogP contribution is -2.35. The first-order valence-electron chi connectivity index (χ1n) is 10.4. The van der Waals surface area contributed by atoms with Crippen LogP contribution in [-0.4, -0.2) is 36.7 Å². The fraction of sp³-hybridized carbons (Fsp3) is 0.333. The number of carbonyl (C=O) groups excluding carboxylic acids is 1. The minimum Gasteiger partial charge on any atom is -0.495 e. The number of benzene rings is 2. The van der Waals surface area contributed by atoms with Crippen LogP contribution in [-0.2, 0) is 6.54 Å². The number of anilines is 1. The maximum atomic E-state index is 13.2. The number of nitrogens with zero attached hydrogens (tertiary/aromatic N) is 1. The molecule has 170 valence electrons. The number of carbonyl (C=O) groups is 1. The van der Waals surface area contributed by atoms with E-state index in [0.717, 1.165) is 34.0 Å². The van der Waals surface area contributed by atoms with Crippen LogP contribution in [0.5, 0.6) is 11.5 Å². The predicted molar refractivity (Wildman–Crippen MR) is 128 cm³/mol. The van der Waals surface area contributed by atoms with Crippen LogP contribution < -0.4 is 20.3 Å². The number of halogens is 1. The van der Waals surface area contributed by atoms with Gasteiger partial charge in [0.2, 0.25) is 5.56 Å². The number of aromatic nitrogens is 1. The first-order chi connectivity index (χ1) is 15.3. The summed E-state index contributed by atoms with van der Waals surface area (Å²) in [4.78, 5) is 30.1. The Morgan fingerprint density at radius 1 is 1.09 bits per heavy atom. The molecule has 3 rings (SSSR count). The second-order valence-electron chi connectivity index (χ2n) is 7.70. The molecule has 0 saturated carbocycles. The monoisotopic (exact) mass is 457 g/mol. The van der Waals surface area contributed by atoms with E-state index in [1.165, 1.54) is 14.2 Å². The quantitative estimate of drug-likeness (QED) is 0.507. The molecule has 0 aliphatic carbocycles. The van der Waals surface area contributed by atoms with Crippen LogP contribution in [0.2, 0.25) is 5.02 Å². The van der Waals surface area contributed by atoms with Crippen molar-refractivity contribution in [3.05, 3.63) is 62.4 Å². The Kier molecular flexibility index (Phi) is 7.30. The van der Waals surface area contributed by atoms with E-state index in [0.29, 0.717) is 28.8 Å². The van der Waals surface area contributed by atoms with Crippen LogP contribution in [0.3, 0.4) is 0 Å². The summed E-state index contributed by atoms with van der Waals surface area (Å²) in [6, 6.07) is 8.51. The molecule has 32 heavy (non-hydrogen) atoms. The zero-order valence-corrected chi connectivity index (χ0v) is 19.7. The van der Waals surface area contributed by atoms with Crippen LogP contribution in [0.1, 0.15) is 30.0 Å². The van der Waals surface area contributed by atoms with Crippen molar-refractivity contribution in [1.29, 1.82) is 0 Å². The molecular formula is C24H28ClN3O4. The Balaban J connectivity index is 1.96. The van der Waals surface area contributed by atoms with Gasteiger partial charge in [0.25, 0.3) is 0 Å². The predicted octanol–water partition coefficient (Wildman–Crippen LogP) is 5.26. The van der Waals surface area contributed by atoms with E-state index in [1.54, 1.807) is 23.1 Å². The first-order valence-corrected chi connectivity index (χ1v) is 10.8. The molecule has 2 N–H and O–H groups in total. The molecule has 0 bridgehead atoms. The van der Waals surface area contributed by atoms with Gasteiger partial charge in [-0.25, -0.2) is 4.79 Å². The third-order valence-corrected chi connectivity index (χ3v) is 5.53. The molecule has 0 atom stereocenters. The zero-order valence-electron chi connectivity index (χ0n) is 19.0. The van der Waals surface area contributed by atoms with Crippen molar-refractivity contribution in [3.8, 4) is 11.5 Å². The van der Waals surface area contributed by atoms with E-state index in [9.17, 15) is 9.59 Å². The first kappa shape index (κ1) is 23.5. The number of H-pyrrole nitrogens is 1. The number of ether oxygens (including phenoxy) is 2. The van der Waals surface area contributed by atoms with E-state index in [2.05, 4.69) is 10.3 Å². The number of rotatable bonds is 7. The van der Waals surface area contributed by atoms with Crippen molar-refractivity contribution in [3.63, 3.8) is 0 Å². The van der Waals surface area contributed by atoms with Gasteiger partial charge >= 0.3 is 6.03 Å². The SMILES string of the molecule is CCCN(Cc1cc(=O)[nH]c2c(C)cc(C)cc12)C(=O)Nc1cc(Cl)c(OC)cc1OC. The normalized spacial score (nSPS) is 10.8. The summed E-state index contributed by atoms with van der Waals surface area (Å²) in [5.74, 6) is 0.886. The summed E-state index contributed by atoms with van der Waals surface area (Å²) >= 11 is 6.24. The number of amides is 2. The molecule has 3 aromatic rings. The van der Waals surface area contributed by atoms with Crippen molar-refractivity contribution in [2.75, 3.05) is 26.1 Å². The number of hydrogen-bond donors (Lipinski definition) is 2. The van der Waals surface area contributed by atoms with Gasteiger partial charge in [-0.3, -0.25) is 4.79 Å². The molecule has 1 heterocycles. The number of hydrogen-bond acceptors (Lipinski definition) is 4. The fourth-order valence-electron chi connectivity index (χ4n) is 3.79. The van der Waals surface area contributed by atoms with Crippen molar-refractivity contribution in [2.24, 2.45) is 0 Å². The lowest BCUT2D eigenvalue weighted by molar-refractivity contribution is 0.209. The highest BCUT2D eigenvalue weighted by Gasteiger charge is 2.19. The molecule has 7 nitrogen and oxygen atoms in total. The molecule has 0 unspecified atom stereocenters. The average Bonchev–Trinajstić information content (AvgIpc) is 2.74. The van der Waals surface area contributed by atoms with Gasteiger partial charge in [0.1, 0.15) is 11.5 Å². The van der Waals surface area contributed by atoms with Gasteiger partial charge in [-0.2, -0.15) is 0 Å². The highest BCUT2D eigenvalue weighted by molar-refractivity contribution is 6.32. The van der Waals surface area contributed by atoms with Gasteiger partial charge in [-0.05, 0) is 43.5 Å². The summed E-state index contributed by atoms with van der Waals surface area (Å²) in [6.07, 6.45) is 0.757. The van der Waals surface area contributed by atoms with Gasteiger partial charge in [-0.15, -0.1) is 0 Å². The fourth-order valence-corrected chi connectivity index (χ4v) is 4.03. The van der Waals surface area contributed by atoms with Crippen LogP contribution in [0, 0.1) is 13.8 Å². The van der Waals surface area contributed by atoms with E-state index in [-0.39, 0.29) is 18.1 Å². The van der Waals surface area contributed by atoms with Crippen LogP contribution in [0.4, 0.5) is 10.5 Å². The number of pyridine rings is 1. The van der Waals surface area contributed by atoms with Crippen molar-refractivity contribution < 1.29 is 14.3 Å². The van der Waals surface area contributed by atoms with E-state index >= 15 is 0 Å². The average molecular weight is 458 g/mol. The molecule has 1 aromatic heterocycles. The third kappa shape index (κ3) is 4.99. The summed E-state index contributed by atoms with van der Waals surface area (Å²) in [6.45, 7) is 6.77. The summed E-state index contributed by atoms with van der Waals surface area (Å²) in [5, 5.41) is 4.17. The van der Waals surface area contributed by atoms with Gasteiger partial charge in [0.05, 0.1) is 30.4 Å². The lowest BCUT2D eigenvalue weighted by atomic mass is 10.0. The van der Waals surface area contributed by atoms with Crippen LogP contribution in [0.25, 0.3) is 10.9 Å². The minimum atomic E-state index is -0.316. The van der Waals surface area contributed by atoms with Gasteiger partial charge in [-0.1, -0.05) is 30.2 Å². The maximum Gasteiger partial charge on any atom is 0.322 e. The molecular weight excluding hydrogens is 430 g/mol. The van der Waals surface area contributed by atoms with Crippen molar-refractivity contribution in [1.82, 2.24) is 9.88 Å². The summed E-state index contributed by atoms with van der Waals surface area (Å²) in [5.41, 5.74) is 3.90. The summed E-state index contributed by atoms with van der Waals surface area (Å²) in [7, 11) is 3.02. The number of nitrogens with one attached hydrogen (secondary N) is 2. The molecule has 0 spiro atoms. The standard InChI is InChI=1S/C24H28ClN3O4/c1-6-7-28(24(30)26-19-11-18(25)20(31-4)12-21(19)32-5)13-16-10-22(29)27-23-15(3)8-14(2)9-17(16)23/h8-12H,6-7,13H2,1-5H3,(H,26,30)(H,27,29). The van der Waals surface area contributed by atoms with Crippen LogP contribution in [0.15, 0.2) is 35.1 Å². The topological polar surface area (TPSA) is 83.7 Å². The van der Waals surface area contributed by atoms with Gasteiger partial charge in [0, 0.05) is 30.6 Å². The van der Waals surface area contributed by atoms with Gasteiger partial charge < -0.3 is 24.7 Å². The van der Waals surface area contributed by atoms with Crippen LogP contribution >= 0.6 is 11.6 Å². The van der Waals surface area contributed by atoms with Gasteiger partial charge in [0.15, 0.2) is 0 Å². The third-order valence-electron chi connectivity index (χ3n) is 5.24. The summed E-state index contributed by atoms with van der Waals surface area (Å²) < 4.78 is 10.6. The molecule has 0 radical (unpaired) electrons. The zero-order chi connectivity index (χ0) is 23.4. The molecule has 2 amide bonds. The molecule has 0 aliphatic heterocycles. The van der Waals surface area contributed by atoms with Crippen molar-refractivity contribution in [2.45, 2.75) is 33.7 Å². The van der Waals surface area contributed by atoms with E-state index in [1.807, 2.05) is 32.9 Å². The number of methoxy groups -OCH3 is 2.